The number of nitrogens with zero attached hydrogens (tertiary/aromatic N) is 1. The molecule has 1 atom stereocenters. The van der Waals surface area contributed by atoms with E-state index >= 15 is 0 Å². The molecule has 1 aromatic heterocycles. The third-order valence-electron chi connectivity index (χ3n) is 3.76. The van der Waals surface area contributed by atoms with Crippen LogP contribution in [0.2, 0.25) is 0 Å². The molecule has 20 heavy (non-hydrogen) atoms. The van der Waals surface area contributed by atoms with Gasteiger partial charge in [-0.15, -0.1) is 0 Å². The maximum absolute atomic E-state index is 12.6. The molecule has 0 saturated carbocycles. The molecule has 0 amide bonds. The summed E-state index contributed by atoms with van der Waals surface area (Å²) < 4.78 is 31.6. The summed E-state index contributed by atoms with van der Waals surface area (Å²) in [6, 6.07) is 1.10. The highest BCUT2D eigenvalue weighted by molar-refractivity contribution is 7.89. The van der Waals surface area contributed by atoms with Gasteiger partial charge in [-0.2, -0.15) is 4.31 Å². The van der Waals surface area contributed by atoms with Crippen LogP contribution < -0.4 is 0 Å². The Morgan fingerprint density at radius 3 is 2.80 bits per heavy atom. The van der Waals surface area contributed by atoms with E-state index in [0.29, 0.717) is 19.0 Å². The molecule has 1 saturated heterocycles. The van der Waals surface area contributed by atoms with E-state index in [0.717, 1.165) is 25.3 Å². The predicted molar refractivity (Wildman–Crippen MR) is 72.2 cm³/mol. The second-order valence-corrected chi connectivity index (χ2v) is 7.02. The van der Waals surface area contributed by atoms with Crippen LogP contribution in [0, 0.1) is 12.8 Å². The van der Waals surface area contributed by atoms with E-state index in [1.165, 1.54) is 11.2 Å². The van der Waals surface area contributed by atoms with Crippen molar-refractivity contribution in [2.45, 2.75) is 38.0 Å². The molecule has 0 radical (unpaired) electrons. The lowest BCUT2D eigenvalue weighted by atomic mass is 9.97. The topological polar surface area (TPSA) is 87.8 Å². The van der Waals surface area contributed by atoms with Crippen LogP contribution in [0.25, 0.3) is 0 Å². The largest absolute Gasteiger partial charge is 0.475 e. The zero-order valence-corrected chi connectivity index (χ0v) is 12.4. The highest BCUT2D eigenvalue weighted by Crippen LogP contribution is 2.28. The van der Waals surface area contributed by atoms with Gasteiger partial charge in [0.1, 0.15) is 10.7 Å². The first kappa shape index (κ1) is 15.1. The molecular weight excluding hydrogens is 282 g/mol. The van der Waals surface area contributed by atoms with Crippen LogP contribution >= 0.6 is 0 Å². The van der Waals surface area contributed by atoms with Gasteiger partial charge in [0.15, 0.2) is 0 Å². The summed E-state index contributed by atoms with van der Waals surface area (Å²) in [6.07, 6.45) is 2.81. The highest BCUT2D eigenvalue weighted by Gasteiger charge is 2.33. The monoisotopic (exact) mass is 301 g/mol. The number of aryl methyl sites for hydroxylation is 1. The number of aromatic carboxylic acids is 1. The van der Waals surface area contributed by atoms with E-state index in [1.807, 2.05) is 6.92 Å². The van der Waals surface area contributed by atoms with Gasteiger partial charge >= 0.3 is 5.97 Å². The van der Waals surface area contributed by atoms with Gasteiger partial charge in [0.2, 0.25) is 15.8 Å². The van der Waals surface area contributed by atoms with Gasteiger partial charge in [0.05, 0.1) is 0 Å². The van der Waals surface area contributed by atoms with Crippen molar-refractivity contribution < 1.29 is 22.7 Å². The molecule has 1 aliphatic heterocycles. The van der Waals surface area contributed by atoms with Crippen LogP contribution in [0.5, 0.6) is 0 Å². The molecule has 1 fully saturated rings. The fraction of sp³-hybridized carbons (Fsp3) is 0.615. The van der Waals surface area contributed by atoms with Crippen molar-refractivity contribution in [3.05, 3.63) is 17.6 Å². The molecule has 2 rings (SSSR count). The molecule has 6 nitrogen and oxygen atoms in total. The maximum Gasteiger partial charge on any atom is 0.371 e. The molecule has 1 N–H and O–H groups in total. The number of piperidine rings is 1. The standard InChI is InChI=1S/C13H19NO5S/c1-3-10-5-4-6-14(8-10)20(17,18)12-7-11(13(15)16)19-9(12)2/h7,10H,3-6,8H2,1-2H3,(H,15,16). The molecular formula is C13H19NO5S. The third kappa shape index (κ3) is 2.73. The maximum atomic E-state index is 12.6. The van der Waals surface area contributed by atoms with Crippen LogP contribution in [0.4, 0.5) is 0 Å². The second-order valence-electron chi connectivity index (χ2n) is 5.12. The summed E-state index contributed by atoms with van der Waals surface area (Å²) in [7, 11) is -3.67. The minimum absolute atomic E-state index is 0.0355. The molecule has 1 aliphatic rings. The lowest BCUT2D eigenvalue weighted by Crippen LogP contribution is -2.39. The normalized spacial score (nSPS) is 21.0. The minimum Gasteiger partial charge on any atom is -0.475 e. The van der Waals surface area contributed by atoms with E-state index < -0.39 is 16.0 Å². The van der Waals surface area contributed by atoms with Crippen LogP contribution in [0.1, 0.15) is 42.5 Å². The Hall–Kier alpha value is -1.34. The summed E-state index contributed by atoms with van der Waals surface area (Å²) in [5, 5.41) is 8.88. The molecule has 0 aromatic carbocycles. The van der Waals surface area contributed by atoms with E-state index in [4.69, 9.17) is 9.52 Å². The van der Waals surface area contributed by atoms with Gasteiger partial charge in [0.25, 0.3) is 0 Å². The fourth-order valence-corrected chi connectivity index (χ4v) is 4.26. The number of hydrogen-bond donors (Lipinski definition) is 1. The van der Waals surface area contributed by atoms with Gasteiger partial charge in [-0.05, 0) is 25.7 Å². The van der Waals surface area contributed by atoms with Crippen molar-refractivity contribution in [3.63, 3.8) is 0 Å². The number of hydrogen-bond acceptors (Lipinski definition) is 4. The van der Waals surface area contributed by atoms with Gasteiger partial charge in [-0.25, -0.2) is 13.2 Å². The summed E-state index contributed by atoms with van der Waals surface area (Å²) in [6.45, 7) is 4.49. The van der Waals surface area contributed by atoms with Gasteiger partial charge in [-0.1, -0.05) is 13.3 Å². The first-order valence-electron chi connectivity index (χ1n) is 6.70. The number of sulfonamides is 1. The average Bonchev–Trinajstić information content (AvgIpc) is 2.82. The molecule has 0 spiro atoms. The Balaban J connectivity index is 2.32. The lowest BCUT2D eigenvalue weighted by Gasteiger charge is -2.31. The van der Waals surface area contributed by atoms with Crippen molar-refractivity contribution in [1.29, 1.82) is 0 Å². The van der Waals surface area contributed by atoms with Crippen molar-refractivity contribution in [2.24, 2.45) is 5.92 Å². The Labute approximate surface area is 118 Å². The Morgan fingerprint density at radius 2 is 2.25 bits per heavy atom. The van der Waals surface area contributed by atoms with E-state index in [-0.39, 0.29) is 16.4 Å². The molecule has 1 aromatic rings. The molecule has 7 heteroatoms. The first-order chi connectivity index (χ1) is 9.36. The summed E-state index contributed by atoms with van der Waals surface area (Å²) in [5.41, 5.74) is 0. The quantitative estimate of drug-likeness (QED) is 0.920. The Bertz CT molecular complexity index is 604. The van der Waals surface area contributed by atoms with Crippen LogP contribution in [-0.4, -0.2) is 36.9 Å². The predicted octanol–water partition coefficient (Wildman–Crippen LogP) is 2.10. The number of furan rings is 1. The number of rotatable bonds is 4. The minimum atomic E-state index is -3.67. The number of carboxylic acid groups (broad SMARTS) is 1. The average molecular weight is 301 g/mol. The molecule has 2 heterocycles. The molecule has 0 aliphatic carbocycles. The third-order valence-corrected chi connectivity index (χ3v) is 5.73. The zero-order chi connectivity index (χ0) is 14.9. The number of carbonyl (C=O) groups is 1. The van der Waals surface area contributed by atoms with E-state index in [2.05, 4.69) is 0 Å². The highest BCUT2D eigenvalue weighted by atomic mass is 32.2. The molecule has 1 unspecified atom stereocenters. The van der Waals surface area contributed by atoms with Gasteiger partial charge in [-0.3, -0.25) is 0 Å². The van der Waals surface area contributed by atoms with Crippen LogP contribution in [0.3, 0.4) is 0 Å². The van der Waals surface area contributed by atoms with Gasteiger partial charge in [0, 0.05) is 19.2 Å². The van der Waals surface area contributed by atoms with Gasteiger partial charge < -0.3 is 9.52 Å². The molecule has 112 valence electrons. The van der Waals surface area contributed by atoms with Crippen molar-refractivity contribution in [2.75, 3.05) is 13.1 Å². The second kappa shape index (κ2) is 5.57. The lowest BCUT2D eigenvalue weighted by molar-refractivity contribution is 0.0661. The van der Waals surface area contributed by atoms with Crippen molar-refractivity contribution in [3.8, 4) is 0 Å². The summed E-state index contributed by atoms with van der Waals surface area (Å²) in [4.78, 5) is 10.8. The summed E-state index contributed by atoms with van der Waals surface area (Å²) >= 11 is 0. The Morgan fingerprint density at radius 1 is 1.55 bits per heavy atom. The zero-order valence-electron chi connectivity index (χ0n) is 11.6. The van der Waals surface area contributed by atoms with Crippen LogP contribution in [0.15, 0.2) is 15.4 Å². The van der Waals surface area contributed by atoms with E-state index in [1.54, 1.807) is 0 Å². The Kier molecular flexibility index (Phi) is 4.19. The van der Waals surface area contributed by atoms with E-state index in [9.17, 15) is 13.2 Å². The fourth-order valence-electron chi connectivity index (χ4n) is 2.54. The number of carboxylic acids is 1. The van der Waals surface area contributed by atoms with Crippen LogP contribution in [-0.2, 0) is 10.0 Å². The summed E-state index contributed by atoms with van der Waals surface area (Å²) in [5.74, 6) is -1.12. The first-order valence-corrected chi connectivity index (χ1v) is 8.14. The smallest absolute Gasteiger partial charge is 0.371 e. The van der Waals surface area contributed by atoms with Crippen molar-refractivity contribution in [1.82, 2.24) is 4.31 Å². The van der Waals surface area contributed by atoms with Crippen molar-refractivity contribution >= 4 is 16.0 Å². The molecule has 0 bridgehead atoms. The SMILES string of the molecule is CCC1CCCN(S(=O)(=O)c2cc(C(=O)O)oc2C)C1.